The molecule has 0 bridgehead atoms. The van der Waals surface area contributed by atoms with E-state index in [9.17, 15) is 0 Å². The quantitative estimate of drug-likeness (QED) is 0.738. The monoisotopic (exact) mass is 284 g/mol. The normalized spacial score (nSPS) is 13.2. The minimum atomic E-state index is 0.175. The smallest absolute Gasteiger partial charge is 0.146 e. The lowest BCUT2D eigenvalue weighted by Crippen LogP contribution is -2.23. The van der Waals surface area contributed by atoms with Gasteiger partial charge >= 0.3 is 0 Å². The zero-order valence-electron chi connectivity index (χ0n) is 12.9. The van der Waals surface area contributed by atoms with Crippen molar-refractivity contribution in [3.05, 3.63) is 47.7 Å². The Hall–Kier alpha value is -2.14. The van der Waals surface area contributed by atoms with E-state index in [0.717, 1.165) is 34.9 Å². The molecule has 1 aromatic carbocycles. The van der Waals surface area contributed by atoms with Gasteiger partial charge in [-0.2, -0.15) is 0 Å². The second-order valence-corrected chi connectivity index (χ2v) is 5.50. The lowest BCUT2D eigenvalue weighted by molar-refractivity contribution is 0.219. The van der Waals surface area contributed by atoms with Gasteiger partial charge in [0.1, 0.15) is 23.0 Å². The number of aryl methyl sites for hydroxylation is 1. The van der Waals surface area contributed by atoms with Crippen LogP contribution in [0, 0.1) is 6.92 Å². The standard InChI is InChI=1S/C16H20N4O/c1-11(15-9-13-7-5-6-8-14(13)21-15)19(3)10-16-18-17-12(2)20(16)4/h5-9,11H,10H2,1-4H3/t11-/m1/s1. The number of nitrogens with zero attached hydrogens (tertiary/aromatic N) is 4. The highest BCUT2D eigenvalue weighted by Gasteiger charge is 2.18. The highest BCUT2D eigenvalue weighted by molar-refractivity contribution is 5.77. The molecule has 3 rings (SSSR count). The Morgan fingerprint density at radius 1 is 1.29 bits per heavy atom. The van der Waals surface area contributed by atoms with Gasteiger partial charge in [-0.3, -0.25) is 4.90 Å². The van der Waals surface area contributed by atoms with Crippen molar-refractivity contribution < 1.29 is 4.42 Å². The third-order valence-electron chi connectivity index (χ3n) is 4.09. The largest absolute Gasteiger partial charge is 0.459 e. The molecule has 0 amide bonds. The molecule has 0 aliphatic carbocycles. The van der Waals surface area contributed by atoms with Gasteiger partial charge < -0.3 is 8.98 Å². The second-order valence-electron chi connectivity index (χ2n) is 5.50. The highest BCUT2D eigenvalue weighted by atomic mass is 16.3. The third kappa shape index (κ3) is 2.56. The van der Waals surface area contributed by atoms with Crippen LogP contribution in [0.2, 0.25) is 0 Å². The number of benzene rings is 1. The average Bonchev–Trinajstić information content (AvgIpc) is 3.04. The van der Waals surface area contributed by atoms with Gasteiger partial charge in [0.2, 0.25) is 0 Å². The summed E-state index contributed by atoms with van der Waals surface area (Å²) >= 11 is 0. The van der Waals surface area contributed by atoms with Crippen molar-refractivity contribution in [1.82, 2.24) is 19.7 Å². The molecule has 0 N–H and O–H groups in total. The van der Waals surface area contributed by atoms with Gasteiger partial charge in [-0.1, -0.05) is 18.2 Å². The molecule has 21 heavy (non-hydrogen) atoms. The van der Waals surface area contributed by atoms with Crippen LogP contribution in [0.25, 0.3) is 11.0 Å². The minimum absolute atomic E-state index is 0.175. The summed E-state index contributed by atoms with van der Waals surface area (Å²) in [6, 6.07) is 10.4. The van der Waals surface area contributed by atoms with Crippen LogP contribution < -0.4 is 0 Å². The van der Waals surface area contributed by atoms with E-state index in [-0.39, 0.29) is 6.04 Å². The summed E-state index contributed by atoms with van der Waals surface area (Å²) < 4.78 is 7.96. The molecule has 0 saturated heterocycles. The van der Waals surface area contributed by atoms with E-state index < -0.39 is 0 Å². The first-order chi connectivity index (χ1) is 10.1. The molecule has 1 atom stereocenters. The highest BCUT2D eigenvalue weighted by Crippen LogP contribution is 2.27. The Morgan fingerprint density at radius 3 is 2.71 bits per heavy atom. The predicted octanol–water partition coefficient (Wildman–Crippen LogP) is 3.06. The van der Waals surface area contributed by atoms with Crippen molar-refractivity contribution in [2.45, 2.75) is 26.4 Å². The van der Waals surface area contributed by atoms with Gasteiger partial charge in [-0.15, -0.1) is 10.2 Å². The average molecular weight is 284 g/mol. The van der Waals surface area contributed by atoms with Crippen molar-refractivity contribution in [3.8, 4) is 0 Å². The van der Waals surface area contributed by atoms with E-state index in [0.29, 0.717) is 0 Å². The van der Waals surface area contributed by atoms with Crippen LogP contribution in [0.1, 0.15) is 30.4 Å². The van der Waals surface area contributed by atoms with Crippen LogP contribution in [0.3, 0.4) is 0 Å². The van der Waals surface area contributed by atoms with Crippen molar-refractivity contribution in [3.63, 3.8) is 0 Å². The van der Waals surface area contributed by atoms with Crippen LogP contribution in [-0.4, -0.2) is 26.7 Å². The van der Waals surface area contributed by atoms with Gasteiger partial charge in [-0.25, -0.2) is 0 Å². The summed E-state index contributed by atoms with van der Waals surface area (Å²) in [7, 11) is 4.06. The lowest BCUT2D eigenvalue weighted by Gasteiger charge is -2.22. The summed E-state index contributed by atoms with van der Waals surface area (Å²) in [5.74, 6) is 2.85. The predicted molar refractivity (Wildman–Crippen MR) is 81.8 cm³/mol. The van der Waals surface area contributed by atoms with E-state index >= 15 is 0 Å². The van der Waals surface area contributed by atoms with Crippen LogP contribution in [-0.2, 0) is 13.6 Å². The molecule has 0 spiro atoms. The number of para-hydroxylation sites is 1. The van der Waals surface area contributed by atoms with E-state index in [2.05, 4.69) is 41.2 Å². The van der Waals surface area contributed by atoms with Gasteiger partial charge in [0, 0.05) is 12.4 Å². The first-order valence-electron chi connectivity index (χ1n) is 7.10. The number of furan rings is 1. The molecular formula is C16H20N4O. The molecule has 0 aliphatic heterocycles. The van der Waals surface area contributed by atoms with Gasteiger partial charge in [-0.05, 0) is 33.0 Å². The Labute approximate surface area is 124 Å². The summed E-state index contributed by atoms with van der Waals surface area (Å²) in [6.07, 6.45) is 0. The molecule has 0 fully saturated rings. The first kappa shape index (κ1) is 13.8. The number of hydrogen-bond donors (Lipinski definition) is 0. The molecule has 5 heteroatoms. The summed E-state index contributed by atoms with van der Waals surface area (Å²) in [6.45, 7) is 4.83. The Morgan fingerprint density at radius 2 is 2.05 bits per heavy atom. The maximum Gasteiger partial charge on any atom is 0.146 e. The molecule has 5 nitrogen and oxygen atoms in total. The zero-order chi connectivity index (χ0) is 15.0. The van der Waals surface area contributed by atoms with Crippen LogP contribution in [0.4, 0.5) is 0 Å². The molecule has 2 aromatic heterocycles. The summed E-state index contributed by atoms with van der Waals surface area (Å²) in [5.41, 5.74) is 0.933. The third-order valence-corrected chi connectivity index (χ3v) is 4.09. The van der Waals surface area contributed by atoms with Gasteiger partial charge in [0.15, 0.2) is 0 Å². The maximum atomic E-state index is 5.94. The molecule has 2 heterocycles. The maximum absolute atomic E-state index is 5.94. The molecule has 0 saturated carbocycles. The Kier molecular flexibility index (Phi) is 3.51. The first-order valence-corrected chi connectivity index (χ1v) is 7.10. The van der Waals surface area contributed by atoms with Crippen molar-refractivity contribution in [1.29, 1.82) is 0 Å². The fraction of sp³-hybridized carbons (Fsp3) is 0.375. The number of hydrogen-bond acceptors (Lipinski definition) is 4. The summed E-state index contributed by atoms with van der Waals surface area (Å²) in [5, 5.41) is 9.45. The van der Waals surface area contributed by atoms with E-state index in [1.54, 1.807) is 0 Å². The van der Waals surface area contributed by atoms with Crippen LogP contribution >= 0.6 is 0 Å². The van der Waals surface area contributed by atoms with E-state index in [4.69, 9.17) is 4.42 Å². The molecule has 0 radical (unpaired) electrons. The second kappa shape index (κ2) is 5.33. The Balaban J connectivity index is 1.80. The molecular weight excluding hydrogens is 264 g/mol. The molecule has 0 unspecified atom stereocenters. The topological polar surface area (TPSA) is 47.1 Å². The van der Waals surface area contributed by atoms with Gasteiger partial charge in [0.05, 0.1) is 12.6 Å². The van der Waals surface area contributed by atoms with Gasteiger partial charge in [0.25, 0.3) is 0 Å². The molecule has 110 valence electrons. The zero-order valence-corrected chi connectivity index (χ0v) is 12.9. The fourth-order valence-electron chi connectivity index (χ4n) is 2.37. The lowest BCUT2D eigenvalue weighted by atomic mass is 10.2. The summed E-state index contributed by atoms with van der Waals surface area (Å²) in [4.78, 5) is 2.21. The van der Waals surface area contributed by atoms with Crippen molar-refractivity contribution in [2.24, 2.45) is 7.05 Å². The van der Waals surface area contributed by atoms with Crippen molar-refractivity contribution >= 4 is 11.0 Å². The van der Waals surface area contributed by atoms with E-state index in [1.807, 2.05) is 36.7 Å². The van der Waals surface area contributed by atoms with Crippen molar-refractivity contribution in [2.75, 3.05) is 7.05 Å². The molecule has 3 aromatic rings. The Bertz CT molecular complexity index is 726. The SMILES string of the molecule is Cc1nnc(CN(C)[C@H](C)c2cc3ccccc3o2)n1C. The number of rotatable bonds is 4. The van der Waals surface area contributed by atoms with Crippen LogP contribution in [0.5, 0.6) is 0 Å². The minimum Gasteiger partial charge on any atom is -0.459 e. The number of aromatic nitrogens is 3. The molecule has 0 aliphatic rings. The fourth-order valence-corrected chi connectivity index (χ4v) is 2.37. The number of fused-ring (bicyclic) bond motifs is 1. The van der Waals surface area contributed by atoms with Crippen LogP contribution in [0.15, 0.2) is 34.7 Å². The van der Waals surface area contributed by atoms with E-state index in [1.165, 1.54) is 0 Å².